The average Bonchev–Trinajstić information content (AvgIpc) is 3.09. The number of hydrogen-bond acceptors (Lipinski definition) is 4. The van der Waals surface area contributed by atoms with E-state index in [1.54, 1.807) is 18.6 Å². The smallest absolute Gasteiger partial charge is 0.0724 e. The summed E-state index contributed by atoms with van der Waals surface area (Å²) in [7, 11) is 2.20. The van der Waals surface area contributed by atoms with Gasteiger partial charge in [-0.1, -0.05) is 0 Å². The number of nitrogens with one attached hydrogen (secondary N) is 1. The fraction of sp³-hybridized carbons (Fsp3) is 0.636. The van der Waals surface area contributed by atoms with Gasteiger partial charge in [0.05, 0.1) is 5.69 Å². The molecule has 1 aromatic heterocycles. The molecule has 15 heavy (non-hydrogen) atoms. The number of hydrogen-bond donors (Lipinski definition) is 1. The van der Waals surface area contributed by atoms with Crippen LogP contribution in [0, 0.1) is 0 Å². The van der Waals surface area contributed by atoms with Crippen molar-refractivity contribution in [3.05, 3.63) is 24.3 Å². The van der Waals surface area contributed by atoms with Gasteiger partial charge in [-0.15, -0.1) is 0 Å². The minimum Gasteiger partial charge on any atom is -0.310 e. The summed E-state index contributed by atoms with van der Waals surface area (Å²) >= 11 is 0. The molecular weight excluding hydrogens is 188 g/mol. The fourth-order valence-electron chi connectivity index (χ4n) is 1.59. The van der Waals surface area contributed by atoms with Crippen LogP contribution in [0.25, 0.3) is 0 Å². The third-order valence-corrected chi connectivity index (χ3v) is 2.73. The van der Waals surface area contributed by atoms with E-state index < -0.39 is 0 Å². The zero-order valence-electron chi connectivity index (χ0n) is 9.19. The molecule has 82 valence electrons. The highest BCUT2D eigenvalue weighted by Crippen LogP contribution is 2.24. The van der Waals surface area contributed by atoms with Gasteiger partial charge in [0.15, 0.2) is 0 Å². The molecule has 4 heteroatoms. The monoisotopic (exact) mass is 206 g/mol. The Balaban J connectivity index is 1.58. The van der Waals surface area contributed by atoms with Gasteiger partial charge < -0.3 is 10.2 Å². The molecule has 0 spiro atoms. The molecule has 1 aliphatic rings. The van der Waals surface area contributed by atoms with Crippen molar-refractivity contribution in [2.75, 3.05) is 20.1 Å². The van der Waals surface area contributed by atoms with Gasteiger partial charge in [-0.05, 0) is 19.9 Å². The van der Waals surface area contributed by atoms with Crippen LogP contribution in [0.5, 0.6) is 0 Å². The number of nitrogens with zero attached hydrogens (tertiary/aromatic N) is 3. The molecule has 0 atom stereocenters. The highest BCUT2D eigenvalue weighted by Gasteiger charge is 2.25. The van der Waals surface area contributed by atoms with Gasteiger partial charge in [0.25, 0.3) is 0 Å². The largest absolute Gasteiger partial charge is 0.310 e. The molecule has 2 rings (SSSR count). The van der Waals surface area contributed by atoms with E-state index in [9.17, 15) is 0 Å². The predicted octanol–water partition coefficient (Wildman–Crippen LogP) is 0.660. The van der Waals surface area contributed by atoms with Gasteiger partial charge in [0, 0.05) is 44.3 Å². The van der Waals surface area contributed by atoms with Crippen molar-refractivity contribution >= 4 is 0 Å². The Labute approximate surface area is 90.7 Å². The Bertz CT molecular complexity index is 284. The maximum atomic E-state index is 4.20. The first-order valence-corrected chi connectivity index (χ1v) is 5.52. The van der Waals surface area contributed by atoms with Crippen molar-refractivity contribution in [2.45, 2.75) is 25.4 Å². The molecule has 1 saturated carbocycles. The van der Waals surface area contributed by atoms with Crippen LogP contribution in [0.2, 0.25) is 0 Å². The Morgan fingerprint density at radius 2 is 2.33 bits per heavy atom. The summed E-state index contributed by atoms with van der Waals surface area (Å²) in [6.07, 6.45) is 7.98. The lowest BCUT2D eigenvalue weighted by Crippen LogP contribution is -2.30. The van der Waals surface area contributed by atoms with E-state index in [4.69, 9.17) is 0 Å². The van der Waals surface area contributed by atoms with Gasteiger partial charge in [0.1, 0.15) is 0 Å². The molecule has 0 amide bonds. The maximum Gasteiger partial charge on any atom is 0.0724 e. The molecule has 0 aliphatic heterocycles. The number of likely N-dealkylation sites (N-methyl/N-ethyl adjacent to an activating group) is 1. The lowest BCUT2D eigenvalue weighted by Gasteiger charge is -2.15. The molecule has 0 radical (unpaired) electrons. The summed E-state index contributed by atoms with van der Waals surface area (Å²) < 4.78 is 0. The van der Waals surface area contributed by atoms with Crippen molar-refractivity contribution in [3.8, 4) is 0 Å². The van der Waals surface area contributed by atoms with Crippen molar-refractivity contribution in [1.29, 1.82) is 0 Å². The van der Waals surface area contributed by atoms with Crippen LogP contribution >= 0.6 is 0 Å². The van der Waals surface area contributed by atoms with Crippen molar-refractivity contribution in [2.24, 2.45) is 0 Å². The molecule has 1 fully saturated rings. The average molecular weight is 206 g/mol. The lowest BCUT2D eigenvalue weighted by molar-refractivity contribution is 0.321. The highest BCUT2D eigenvalue weighted by atomic mass is 15.2. The Morgan fingerprint density at radius 3 is 3.00 bits per heavy atom. The van der Waals surface area contributed by atoms with Gasteiger partial charge in [0.2, 0.25) is 0 Å². The SMILES string of the molecule is CN(CCNCc1cnccn1)C1CC1. The van der Waals surface area contributed by atoms with Crippen molar-refractivity contribution < 1.29 is 0 Å². The van der Waals surface area contributed by atoms with Crippen LogP contribution < -0.4 is 5.32 Å². The van der Waals surface area contributed by atoms with Gasteiger partial charge in [-0.3, -0.25) is 9.97 Å². The van der Waals surface area contributed by atoms with Crippen LogP contribution in [0.15, 0.2) is 18.6 Å². The van der Waals surface area contributed by atoms with Gasteiger partial charge in [-0.25, -0.2) is 0 Å². The molecule has 0 saturated heterocycles. The normalized spacial score (nSPS) is 15.9. The Morgan fingerprint density at radius 1 is 1.47 bits per heavy atom. The van der Waals surface area contributed by atoms with Crippen molar-refractivity contribution in [3.63, 3.8) is 0 Å². The quantitative estimate of drug-likeness (QED) is 0.694. The van der Waals surface area contributed by atoms with Gasteiger partial charge >= 0.3 is 0 Å². The first kappa shape index (κ1) is 10.5. The van der Waals surface area contributed by atoms with Crippen LogP contribution in [0.1, 0.15) is 18.5 Å². The summed E-state index contributed by atoms with van der Waals surface area (Å²) in [6.45, 7) is 2.95. The molecule has 4 nitrogen and oxygen atoms in total. The van der Waals surface area contributed by atoms with E-state index in [-0.39, 0.29) is 0 Å². The third kappa shape index (κ3) is 3.57. The van der Waals surface area contributed by atoms with Crippen molar-refractivity contribution in [1.82, 2.24) is 20.2 Å². The Hall–Kier alpha value is -1.00. The first-order valence-electron chi connectivity index (χ1n) is 5.52. The number of aromatic nitrogens is 2. The van der Waals surface area contributed by atoms with Crippen LogP contribution in [0.4, 0.5) is 0 Å². The predicted molar refractivity (Wildman–Crippen MR) is 59.4 cm³/mol. The molecule has 1 aromatic rings. The Kier molecular flexibility index (Phi) is 3.64. The molecule has 0 unspecified atom stereocenters. The molecule has 0 aromatic carbocycles. The summed E-state index contributed by atoms with van der Waals surface area (Å²) in [5.41, 5.74) is 1.01. The topological polar surface area (TPSA) is 41.0 Å². The van der Waals surface area contributed by atoms with E-state index in [1.807, 2.05) is 0 Å². The molecular formula is C11H18N4. The summed E-state index contributed by atoms with van der Waals surface area (Å²) in [5.74, 6) is 0. The summed E-state index contributed by atoms with van der Waals surface area (Å²) in [4.78, 5) is 10.6. The minimum absolute atomic E-state index is 0.812. The third-order valence-electron chi connectivity index (χ3n) is 2.73. The maximum absolute atomic E-state index is 4.20. The van der Waals surface area contributed by atoms with E-state index in [1.165, 1.54) is 12.8 Å². The van der Waals surface area contributed by atoms with Crippen LogP contribution in [-0.2, 0) is 6.54 Å². The summed E-state index contributed by atoms with van der Waals surface area (Å²) in [5, 5.41) is 3.37. The second-order valence-corrected chi connectivity index (χ2v) is 4.09. The molecule has 1 N–H and O–H groups in total. The van der Waals surface area contributed by atoms with E-state index in [0.717, 1.165) is 31.4 Å². The van der Waals surface area contributed by atoms with E-state index in [2.05, 4.69) is 27.2 Å². The standard InChI is InChI=1S/C11H18N4/c1-15(11-2-3-11)7-6-13-9-10-8-12-4-5-14-10/h4-5,8,11,13H,2-3,6-7,9H2,1H3. The fourth-order valence-corrected chi connectivity index (χ4v) is 1.59. The summed E-state index contributed by atoms with van der Waals surface area (Å²) in [6, 6.07) is 0.850. The second-order valence-electron chi connectivity index (χ2n) is 4.09. The molecule has 0 bridgehead atoms. The van der Waals surface area contributed by atoms with E-state index >= 15 is 0 Å². The first-order chi connectivity index (χ1) is 7.36. The van der Waals surface area contributed by atoms with E-state index in [0.29, 0.717) is 0 Å². The minimum atomic E-state index is 0.812. The molecule has 1 aliphatic carbocycles. The second kappa shape index (κ2) is 5.19. The molecule has 1 heterocycles. The lowest BCUT2D eigenvalue weighted by atomic mass is 10.4. The zero-order chi connectivity index (χ0) is 10.5. The van der Waals surface area contributed by atoms with Crippen LogP contribution in [0.3, 0.4) is 0 Å². The zero-order valence-corrected chi connectivity index (χ0v) is 9.19. The number of rotatable bonds is 6. The van der Waals surface area contributed by atoms with Crippen LogP contribution in [-0.4, -0.2) is 41.0 Å². The van der Waals surface area contributed by atoms with Gasteiger partial charge in [-0.2, -0.15) is 0 Å². The highest BCUT2D eigenvalue weighted by molar-refractivity contribution is 4.93.